The molecule has 144 valence electrons. The molecule has 0 atom stereocenters. The highest BCUT2D eigenvalue weighted by molar-refractivity contribution is 7.14. The van der Waals surface area contributed by atoms with Crippen LogP contribution in [0, 0.1) is 11.6 Å². The van der Waals surface area contributed by atoms with Crippen LogP contribution < -0.4 is 10.9 Å². The number of rotatable bonds is 4. The van der Waals surface area contributed by atoms with Crippen LogP contribution in [0.2, 0.25) is 0 Å². The van der Waals surface area contributed by atoms with Crippen LogP contribution >= 0.6 is 11.3 Å². The summed E-state index contributed by atoms with van der Waals surface area (Å²) >= 11 is 1.18. The van der Waals surface area contributed by atoms with Crippen LogP contribution in [0.4, 0.5) is 13.9 Å². The molecule has 0 spiro atoms. The van der Waals surface area contributed by atoms with Gasteiger partial charge in [-0.3, -0.25) is 14.9 Å². The number of amides is 1. The Morgan fingerprint density at radius 3 is 2.55 bits per heavy atom. The highest BCUT2D eigenvalue weighted by Gasteiger charge is 2.14. The number of nitrogens with one attached hydrogen (secondary N) is 1. The fraction of sp³-hybridized carbons (Fsp3) is 0. The Morgan fingerprint density at radius 2 is 1.79 bits per heavy atom. The van der Waals surface area contributed by atoms with E-state index in [1.807, 2.05) is 0 Å². The lowest BCUT2D eigenvalue weighted by molar-refractivity contribution is 0.102. The van der Waals surface area contributed by atoms with E-state index < -0.39 is 17.3 Å². The fourth-order valence-corrected chi connectivity index (χ4v) is 3.29. The van der Waals surface area contributed by atoms with Crippen LogP contribution in [0.15, 0.2) is 70.8 Å². The van der Waals surface area contributed by atoms with E-state index in [-0.39, 0.29) is 11.5 Å². The monoisotopic (exact) mass is 410 g/mol. The Bertz CT molecular complexity index is 1250. The lowest BCUT2D eigenvalue weighted by atomic mass is 10.2. The molecule has 0 aliphatic heterocycles. The fourth-order valence-electron chi connectivity index (χ4n) is 2.57. The normalized spacial score (nSPS) is 10.7. The van der Waals surface area contributed by atoms with E-state index in [9.17, 15) is 18.4 Å². The van der Waals surface area contributed by atoms with Gasteiger partial charge in [-0.15, -0.1) is 11.3 Å². The molecule has 0 aliphatic carbocycles. The Hall–Kier alpha value is -3.72. The van der Waals surface area contributed by atoms with Crippen molar-refractivity contribution >= 4 is 22.4 Å². The number of aromatic nitrogens is 3. The minimum Gasteiger partial charge on any atom is -0.296 e. The van der Waals surface area contributed by atoms with E-state index in [0.29, 0.717) is 22.1 Å². The average Bonchev–Trinajstić information content (AvgIpc) is 3.17. The number of hydrogen-bond donors (Lipinski definition) is 1. The molecule has 4 rings (SSSR count). The van der Waals surface area contributed by atoms with Crippen LogP contribution in [0.25, 0.3) is 16.9 Å². The van der Waals surface area contributed by atoms with Gasteiger partial charge in [0.05, 0.1) is 11.4 Å². The Morgan fingerprint density at radius 1 is 1.00 bits per heavy atom. The smallest absolute Gasteiger partial charge is 0.277 e. The minimum atomic E-state index is -0.569. The standard InChI is InChI=1S/C20H12F2N4O2S/c21-13-4-6-15(7-5-13)26-18(27)9-8-16(25-26)19(28)24-20-23-17(11-29-20)12-2-1-3-14(22)10-12/h1-11H,(H,23,24,28). The predicted octanol–water partition coefficient (Wildman–Crippen LogP) is 3.89. The number of carbonyl (C=O) groups excluding carboxylic acids is 1. The van der Waals surface area contributed by atoms with Gasteiger partial charge < -0.3 is 0 Å². The summed E-state index contributed by atoms with van der Waals surface area (Å²) in [5.74, 6) is -1.40. The van der Waals surface area contributed by atoms with E-state index in [1.54, 1.807) is 17.5 Å². The Balaban J connectivity index is 1.57. The van der Waals surface area contributed by atoms with Crippen molar-refractivity contribution in [3.63, 3.8) is 0 Å². The first-order valence-electron chi connectivity index (χ1n) is 8.39. The lowest BCUT2D eigenvalue weighted by Gasteiger charge is -2.06. The maximum absolute atomic E-state index is 13.4. The van der Waals surface area contributed by atoms with E-state index >= 15 is 0 Å². The van der Waals surface area contributed by atoms with Crippen molar-refractivity contribution in [1.82, 2.24) is 14.8 Å². The zero-order chi connectivity index (χ0) is 20.4. The number of nitrogens with zero attached hydrogens (tertiary/aromatic N) is 3. The molecule has 2 heterocycles. The number of benzene rings is 2. The summed E-state index contributed by atoms with van der Waals surface area (Å²) < 4.78 is 27.5. The third kappa shape index (κ3) is 4.09. The second-order valence-electron chi connectivity index (χ2n) is 5.95. The third-order valence-electron chi connectivity index (χ3n) is 3.95. The van der Waals surface area contributed by atoms with Gasteiger partial charge in [-0.2, -0.15) is 9.78 Å². The number of hydrogen-bond acceptors (Lipinski definition) is 5. The van der Waals surface area contributed by atoms with E-state index in [2.05, 4.69) is 15.4 Å². The van der Waals surface area contributed by atoms with Crippen LogP contribution in [-0.2, 0) is 0 Å². The third-order valence-corrected chi connectivity index (χ3v) is 4.71. The average molecular weight is 410 g/mol. The van der Waals surface area contributed by atoms with Crippen molar-refractivity contribution in [2.45, 2.75) is 0 Å². The summed E-state index contributed by atoms with van der Waals surface area (Å²) in [5, 5.41) is 8.64. The van der Waals surface area contributed by atoms with E-state index in [1.165, 1.54) is 59.9 Å². The molecule has 4 aromatic rings. The highest BCUT2D eigenvalue weighted by atomic mass is 32.1. The molecule has 0 radical (unpaired) electrons. The Kier molecular flexibility index (Phi) is 4.96. The highest BCUT2D eigenvalue weighted by Crippen LogP contribution is 2.25. The molecule has 1 amide bonds. The van der Waals surface area contributed by atoms with Gasteiger partial charge in [0.15, 0.2) is 5.13 Å². The van der Waals surface area contributed by atoms with Crippen molar-refractivity contribution < 1.29 is 13.6 Å². The second-order valence-corrected chi connectivity index (χ2v) is 6.81. The van der Waals surface area contributed by atoms with Gasteiger partial charge in [-0.05, 0) is 42.5 Å². The summed E-state index contributed by atoms with van der Waals surface area (Å²) in [6.07, 6.45) is 0. The van der Waals surface area contributed by atoms with Gasteiger partial charge in [0.1, 0.15) is 17.3 Å². The summed E-state index contributed by atoms with van der Waals surface area (Å²) in [7, 11) is 0. The summed E-state index contributed by atoms with van der Waals surface area (Å²) in [6, 6.07) is 13.6. The largest absolute Gasteiger partial charge is 0.296 e. The molecule has 2 aromatic heterocycles. The second kappa shape index (κ2) is 7.72. The molecule has 9 heteroatoms. The van der Waals surface area contributed by atoms with Crippen molar-refractivity contribution in [3.8, 4) is 16.9 Å². The lowest BCUT2D eigenvalue weighted by Crippen LogP contribution is -2.24. The number of halogens is 2. The van der Waals surface area contributed by atoms with Gasteiger partial charge in [0, 0.05) is 17.0 Å². The molecule has 1 N–H and O–H groups in total. The van der Waals surface area contributed by atoms with Crippen molar-refractivity contribution in [2.75, 3.05) is 5.32 Å². The van der Waals surface area contributed by atoms with Gasteiger partial charge in [-0.25, -0.2) is 13.8 Å². The predicted molar refractivity (Wildman–Crippen MR) is 105 cm³/mol. The van der Waals surface area contributed by atoms with Crippen LogP contribution in [0.1, 0.15) is 10.5 Å². The molecule has 0 aliphatic rings. The molecule has 0 saturated heterocycles. The first-order valence-corrected chi connectivity index (χ1v) is 9.27. The maximum Gasteiger partial charge on any atom is 0.277 e. The number of thiazole rings is 1. The van der Waals surface area contributed by atoms with E-state index in [4.69, 9.17) is 0 Å². The first kappa shape index (κ1) is 18.6. The first-order chi connectivity index (χ1) is 14.0. The molecule has 0 fully saturated rings. The molecule has 2 aromatic carbocycles. The Labute approximate surface area is 167 Å². The zero-order valence-electron chi connectivity index (χ0n) is 14.7. The molecular formula is C20H12F2N4O2S. The quantitative estimate of drug-likeness (QED) is 0.554. The molecule has 29 heavy (non-hydrogen) atoms. The van der Waals surface area contributed by atoms with Gasteiger partial charge in [0.25, 0.3) is 11.5 Å². The summed E-state index contributed by atoms with van der Waals surface area (Å²) in [5.41, 5.74) is 0.958. The molecule has 6 nitrogen and oxygen atoms in total. The van der Waals surface area contributed by atoms with Crippen LogP contribution in [-0.4, -0.2) is 20.7 Å². The molecular weight excluding hydrogens is 398 g/mol. The van der Waals surface area contributed by atoms with Crippen molar-refractivity contribution in [2.24, 2.45) is 0 Å². The van der Waals surface area contributed by atoms with Crippen LogP contribution in [0.5, 0.6) is 0 Å². The van der Waals surface area contributed by atoms with Gasteiger partial charge in [-0.1, -0.05) is 12.1 Å². The van der Waals surface area contributed by atoms with Gasteiger partial charge in [0.2, 0.25) is 0 Å². The number of anilines is 1. The summed E-state index contributed by atoms with van der Waals surface area (Å²) in [6.45, 7) is 0. The minimum absolute atomic E-state index is 0.0172. The van der Waals surface area contributed by atoms with Crippen molar-refractivity contribution in [1.29, 1.82) is 0 Å². The SMILES string of the molecule is O=C(Nc1nc(-c2cccc(F)c2)cs1)c1ccc(=O)n(-c2ccc(F)cc2)n1. The van der Waals surface area contributed by atoms with Crippen LogP contribution in [0.3, 0.4) is 0 Å². The summed E-state index contributed by atoms with van der Waals surface area (Å²) in [4.78, 5) is 28.9. The molecule has 0 unspecified atom stereocenters. The molecule has 0 bridgehead atoms. The van der Waals surface area contributed by atoms with E-state index in [0.717, 1.165) is 4.68 Å². The van der Waals surface area contributed by atoms with Crippen molar-refractivity contribution in [3.05, 3.63) is 93.7 Å². The number of carbonyl (C=O) groups is 1. The zero-order valence-corrected chi connectivity index (χ0v) is 15.5. The topological polar surface area (TPSA) is 76.9 Å². The van der Waals surface area contributed by atoms with Gasteiger partial charge >= 0.3 is 0 Å². The maximum atomic E-state index is 13.4. The molecule has 0 saturated carbocycles.